The molecule has 1 nitrogen and oxygen atoms in total. The highest BCUT2D eigenvalue weighted by Gasteiger charge is 2.32. The van der Waals surface area contributed by atoms with Gasteiger partial charge in [-0.05, 0) is 30.7 Å². The van der Waals surface area contributed by atoms with Gasteiger partial charge in [-0.15, -0.1) is 0 Å². The molecule has 0 aliphatic carbocycles. The third kappa shape index (κ3) is 3.64. The second-order valence-electron chi connectivity index (χ2n) is 3.21. The molecule has 0 heterocycles. The maximum Gasteiger partial charge on any atom is 0.417 e. The van der Waals surface area contributed by atoms with E-state index >= 15 is 0 Å². The number of rotatable bonds is 3. The van der Waals surface area contributed by atoms with E-state index in [0.29, 0.717) is 17.4 Å². The van der Waals surface area contributed by atoms with Gasteiger partial charge in [-0.3, -0.25) is 0 Å². The fraction of sp³-hybridized carbons (Fsp3) is 0.273. The molecular weight excluding hydrogens is 283 g/mol. The Morgan fingerprint density at radius 1 is 1.31 bits per heavy atom. The summed E-state index contributed by atoms with van der Waals surface area (Å²) < 4.78 is 38.4. The molecule has 0 unspecified atom stereocenters. The molecule has 0 aromatic heterocycles. The number of alkyl halides is 3. The SMILES string of the molecule is NCCC=Cc1ccc(Br)cc1C(F)(F)F. The van der Waals surface area contributed by atoms with Gasteiger partial charge in [0.1, 0.15) is 0 Å². The Bertz CT molecular complexity index is 385. The highest BCUT2D eigenvalue weighted by atomic mass is 79.9. The largest absolute Gasteiger partial charge is 0.417 e. The lowest BCUT2D eigenvalue weighted by Gasteiger charge is -2.10. The molecular formula is C11H11BrF3N. The van der Waals surface area contributed by atoms with Crippen molar-refractivity contribution < 1.29 is 13.2 Å². The first-order valence-electron chi connectivity index (χ1n) is 4.68. The van der Waals surface area contributed by atoms with Crippen molar-refractivity contribution in [1.82, 2.24) is 0 Å². The van der Waals surface area contributed by atoms with Crippen LogP contribution < -0.4 is 5.73 Å². The van der Waals surface area contributed by atoms with Crippen molar-refractivity contribution in [3.05, 3.63) is 39.9 Å². The standard InChI is InChI=1S/C11H11BrF3N/c12-9-5-4-8(3-1-2-6-16)10(7-9)11(13,14)15/h1,3-5,7H,2,6,16H2. The molecule has 0 amide bonds. The maximum atomic E-state index is 12.7. The Balaban J connectivity index is 3.08. The zero-order valence-electron chi connectivity index (χ0n) is 8.39. The normalized spacial score (nSPS) is 12.3. The average molecular weight is 294 g/mol. The lowest BCUT2D eigenvalue weighted by atomic mass is 10.1. The highest BCUT2D eigenvalue weighted by molar-refractivity contribution is 9.10. The molecule has 1 aromatic carbocycles. The van der Waals surface area contributed by atoms with Crippen LogP contribution >= 0.6 is 15.9 Å². The minimum atomic E-state index is -4.34. The molecule has 0 bridgehead atoms. The van der Waals surface area contributed by atoms with Crippen LogP contribution in [-0.4, -0.2) is 6.54 Å². The molecule has 16 heavy (non-hydrogen) atoms. The van der Waals surface area contributed by atoms with E-state index < -0.39 is 11.7 Å². The van der Waals surface area contributed by atoms with Gasteiger partial charge in [-0.25, -0.2) is 0 Å². The zero-order chi connectivity index (χ0) is 12.2. The van der Waals surface area contributed by atoms with Gasteiger partial charge < -0.3 is 5.73 Å². The van der Waals surface area contributed by atoms with Gasteiger partial charge in [-0.1, -0.05) is 34.1 Å². The first-order valence-corrected chi connectivity index (χ1v) is 5.48. The Kier molecular flexibility index (Phi) is 4.56. The van der Waals surface area contributed by atoms with Crippen LogP contribution in [-0.2, 0) is 6.18 Å². The number of nitrogens with two attached hydrogens (primary N) is 1. The van der Waals surface area contributed by atoms with Gasteiger partial charge >= 0.3 is 6.18 Å². The van der Waals surface area contributed by atoms with Crippen LogP contribution in [0, 0.1) is 0 Å². The molecule has 0 spiro atoms. The summed E-state index contributed by atoms with van der Waals surface area (Å²) in [5, 5.41) is 0. The summed E-state index contributed by atoms with van der Waals surface area (Å²) in [5.74, 6) is 0. The molecule has 0 aliphatic rings. The molecule has 1 aromatic rings. The zero-order valence-corrected chi connectivity index (χ0v) is 9.98. The summed E-state index contributed by atoms with van der Waals surface area (Å²) in [7, 11) is 0. The van der Waals surface area contributed by atoms with Crippen molar-refractivity contribution >= 4 is 22.0 Å². The third-order valence-electron chi connectivity index (χ3n) is 1.95. The van der Waals surface area contributed by atoms with Crippen molar-refractivity contribution in [2.75, 3.05) is 6.54 Å². The summed E-state index contributed by atoms with van der Waals surface area (Å²) in [6.45, 7) is 0.425. The monoisotopic (exact) mass is 293 g/mol. The van der Waals surface area contributed by atoms with E-state index in [-0.39, 0.29) is 5.56 Å². The number of hydrogen-bond donors (Lipinski definition) is 1. The fourth-order valence-electron chi connectivity index (χ4n) is 1.23. The smallest absolute Gasteiger partial charge is 0.330 e. The Hall–Kier alpha value is -0.810. The van der Waals surface area contributed by atoms with Crippen LogP contribution in [0.3, 0.4) is 0 Å². The van der Waals surface area contributed by atoms with Crippen LogP contribution in [0.15, 0.2) is 28.7 Å². The average Bonchev–Trinajstić information content (AvgIpc) is 2.19. The van der Waals surface area contributed by atoms with E-state index in [1.165, 1.54) is 12.1 Å². The second kappa shape index (κ2) is 5.50. The Morgan fingerprint density at radius 2 is 2.00 bits per heavy atom. The first-order chi connectivity index (χ1) is 7.45. The minimum absolute atomic E-state index is 0.157. The summed E-state index contributed by atoms with van der Waals surface area (Å²) in [6, 6.07) is 4.08. The molecule has 0 atom stereocenters. The van der Waals surface area contributed by atoms with Crippen molar-refractivity contribution in [2.24, 2.45) is 5.73 Å². The molecule has 1 rings (SSSR count). The molecule has 0 fully saturated rings. The van der Waals surface area contributed by atoms with Gasteiger partial charge in [-0.2, -0.15) is 13.2 Å². The van der Waals surface area contributed by atoms with Crippen LogP contribution in [0.4, 0.5) is 13.2 Å². The predicted molar refractivity (Wildman–Crippen MR) is 61.8 cm³/mol. The van der Waals surface area contributed by atoms with Crippen LogP contribution in [0.5, 0.6) is 0 Å². The molecule has 0 saturated heterocycles. The van der Waals surface area contributed by atoms with Crippen molar-refractivity contribution in [2.45, 2.75) is 12.6 Å². The van der Waals surface area contributed by atoms with Crippen LogP contribution in [0.1, 0.15) is 17.5 Å². The Morgan fingerprint density at radius 3 is 2.56 bits per heavy atom. The number of hydrogen-bond acceptors (Lipinski definition) is 1. The molecule has 0 radical (unpaired) electrons. The second-order valence-corrected chi connectivity index (χ2v) is 4.12. The van der Waals surface area contributed by atoms with Gasteiger partial charge in [0.25, 0.3) is 0 Å². The lowest BCUT2D eigenvalue weighted by Crippen LogP contribution is -2.07. The quantitative estimate of drug-likeness (QED) is 0.900. The van der Waals surface area contributed by atoms with E-state index in [9.17, 15) is 13.2 Å². The highest BCUT2D eigenvalue weighted by Crippen LogP contribution is 2.34. The summed E-state index contributed by atoms with van der Waals surface area (Å²) >= 11 is 3.03. The topological polar surface area (TPSA) is 26.0 Å². The maximum absolute atomic E-state index is 12.7. The minimum Gasteiger partial charge on any atom is -0.330 e. The molecule has 2 N–H and O–H groups in total. The van der Waals surface area contributed by atoms with E-state index in [0.717, 1.165) is 6.07 Å². The van der Waals surface area contributed by atoms with Gasteiger partial charge in [0.05, 0.1) is 5.56 Å². The van der Waals surface area contributed by atoms with Gasteiger partial charge in [0.2, 0.25) is 0 Å². The van der Waals surface area contributed by atoms with E-state index in [4.69, 9.17) is 5.73 Å². The lowest BCUT2D eigenvalue weighted by molar-refractivity contribution is -0.137. The summed E-state index contributed by atoms with van der Waals surface area (Å²) in [4.78, 5) is 0. The van der Waals surface area contributed by atoms with Crippen molar-refractivity contribution in [1.29, 1.82) is 0 Å². The first kappa shape index (κ1) is 13.3. The summed E-state index contributed by atoms with van der Waals surface area (Å²) in [5.41, 5.74) is 4.77. The fourth-order valence-corrected chi connectivity index (χ4v) is 1.59. The van der Waals surface area contributed by atoms with Crippen molar-refractivity contribution in [3.63, 3.8) is 0 Å². The molecule has 0 aliphatic heterocycles. The van der Waals surface area contributed by atoms with Gasteiger partial charge in [0, 0.05) is 4.47 Å². The van der Waals surface area contributed by atoms with Crippen LogP contribution in [0.25, 0.3) is 6.08 Å². The molecule has 5 heteroatoms. The van der Waals surface area contributed by atoms with Crippen LogP contribution in [0.2, 0.25) is 0 Å². The third-order valence-corrected chi connectivity index (χ3v) is 2.44. The molecule has 88 valence electrons. The number of halogens is 4. The van der Waals surface area contributed by atoms with E-state index in [2.05, 4.69) is 15.9 Å². The Labute approximate surface area is 100 Å². The van der Waals surface area contributed by atoms with Gasteiger partial charge in [0.15, 0.2) is 0 Å². The number of benzene rings is 1. The predicted octanol–water partition coefficient (Wildman–Crippen LogP) is 3.83. The van der Waals surface area contributed by atoms with E-state index in [1.807, 2.05) is 0 Å². The van der Waals surface area contributed by atoms with Crippen molar-refractivity contribution in [3.8, 4) is 0 Å². The molecule has 0 saturated carbocycles. The summed E-state index contributed by atoms with van der Waals surface area (Å²) in [6.07, 6.45) is -0.694. The van der Waals surface area contributed by atoms with E-state index in [1.54, 1.807) is 12.1 Å².